The standard InChI is InChI=1S/C16H20FNO2/c17-14-3-1-2-13(10-14)16(6-7-16)11-18-15(19)12-4-8-20-9-5-12/h1-3,10,12H,4-9,11H2,(H,18,19). The number of halogens is 1. The quantitative estimate of drug-likeness (QED) is 0.917. The molecule has 1 saturated heterocycles. The zero-order chi connectivity index (χ0) is 14.0. The molecule has 1 aliphatic carbocycles. The average molecular weight is 277 g/mol. The van der Waals surface area contributed by atoms with E-state index in [1.54, 1.807) is 12.1 Å². The highest BCUT2D eigenvalue weighted by atomic mass is 19.1. The summed E-state index contributed by atoms with van der Waals surface area (Å²) in [7, 11) is 0. The van der Waals surface area contributed by atoms with Crippen molar-refractivity contribution in [3.8, 4) is 0 Å². The summed E-state index contributed by atoms with van der Waals surface area (Å²) >= 11 is 0. The number of rotatable bonds is 4. The number of benzene rings is 1. The lowest BCUT2D eigenvalue weighted by molar-refractivity contribution is -0.127. The summed E-state index contributed by atoms with van der Waals surface area (Å²) in [5, 5.41) is 3.06. The molecule has 0 atom stereocenters. The van der Waals surface area contributed by atoms with Crippen molar-refractivity contribution in [2.45, 2.75) is 31.1 Å². The molecule has 1 heterocycles. The van der Waals surface area contributed by atoms with Crippen LogP contribution in [0.1, 0.15) is 31.2 Å². The van der Waals surface area contributed by atoms with Gasteiger partial charge in [0.15, 0.2) is 0 Å². The Kier molecular flexibility index (Phi) is 3.74. The largest absolute Gasteiger partial charge is 0.381 e. The van der Waals surface area contributed by atoms with Crippen molar-refractivity contribution < 1.29 is 13.9 Å². The Morgan fingerprint density at radius 2 is 2.10 bits per heavy atom. The number of nitrogens with one attached hydrogen (secondary N) is 1. The van der Waals surface area contributed by atoms with Crippen molar-refractivity contribution >= 4 is 5.91 Å². The van der Waals surface area contributed by atoms with Gasteiger partial charge in [0.2, 0.25) is 5.91 Å². The lowest BCUT2D eigenvalue weighted by atomic mass is 9.94. The highest BCUT2D eigenvalue weighted by Gasteiger charge is 2.44. The fourth-order valence-corrected chi connectivity index (χ4v) is 2.90. The first kappa shape index (κ1) is 13.6. The summed E-state index contributed by atoms with van der Waals surface area (Å²) in [5.41, 5.74) is 0.966. The third kappa shape index (κ3) is 2.85. The van der Waals surface area contributed by atoms with Gasteiger partial charge in [-0.25, -0.2) is 4.39 Å². The van der Waals surface area contributed by atoms with E-state index in [0.717, 1.165) is 31.2 Å². The van der Waals surface area contributed by atoms with E-state index in [1.807, 2.05) is 6.07 Å². The van der Waals surface area contributed by atoms with Gasteiger partial charge in [-0.3, -0.25) is 4.79 Å². The Morgan fingerprint density at radius 3 is 2.75 bits per heavy atom. The third-order valence-electron chi connectivity index (χ3n) is 4.48. The van der Waals surface area contributed by atoms with Gasteiger partial charge in [-0.15, -0.1) is 0 Å². The predicted octanol–water partition coefficient (Wildman–Crippen LogP) is 2.40. The maximum absolute atomic E-state index is 13.3. The Morgan fingerprint density at radius 1 is 1.35 bits per heavy atom. The van der Waals surface area contributed by atoms with Gasteiger partial charge in [-0.2, -0.15) is 0 Å². The summed E-state index contributed by atoms with van der Waals surface area (Å²) in [5.74, 6) is -0.00688. The van der Waals surface area contributed by atoms with Crippen molar-refractivity contribution in [2.75, 3.05) is 19.8 Å². The van der Waals surface area contributed by atoms with E-state index in [9.17, 15) is 9.18 Å². The van der Waals surface area contributed by atoms with Crippen LogP contribution < -0.4 is 5.32 Å². The zero-order valence-electron chi connectivity index (χ0n) is 11.5. The zero-order valence-corrected chi connectivity index (χ0v) is 11.5. The Balaban J connectivity index is 1.59. The van der Waals surface area contributed by atoms with Crippen LogP contribution in [0.3, 0.4) is 0 Å². The molecular weight excluding hydrogens is 257 g/mol. The molecule has 2 aliphatic rings. The minimum atomic E-state index is -0.204. The predicted molar refractivity (Wildman–Crippen MR) is 73.9 cm³/mol. The molecule has 1 aliphatic heterocycles. The van der Waals surface area contributed by atoms with E-state index in [0.29, 0.717) is 19.8 Å². The molecule has 1 aromatic rings. The van der Waals surface area contributed by atoms with Crippen LogP contribution in [0.4, 0.5) is 4.39 Å². The molecule has 4 heteroatoms. The summed E-state index contributed by atoms with van der Waals surface area (Å²) in [6.45, 7) is 1.97. The van der Waals surface area contributed by atoms with Crippen LogP contribution in [0.25, 0.3) is 0 Å². The average Bonchev–Trinajstić information content (AvgIpc) is 3.27. The van der Waals surface area contributed by atoms with Gasteiger partial charge in [0.1, 0.15) is 5.82 Å². The summed E-state index contributed by atoms with van der Waals surface area (Å²) in [6, 6.07) is 6.75. The summed E-state index contributed by atoms with van der Waals surface area (Å²) in [6.07, 6.45) is 3.65. The van der Waals surface area contributed by atoms with Crippen molar-refractivity contribution in [1.82, 2.24) is 5.32 Å². The monoisotopic (exact) mass is 277 g/mol. The number of carbonyl (C=O) groups is 1. The van der Waals surface area contributed by atoms with Gasteiger partial charge in [0.25, 0.3) is 0 Å². The molecule has 0 radical (unpaired) electrons. The molecule has 20 heavy (non-hydrogen) atoms. The third-order valence-corrected chi connectivity index (χ3v) is 4.48. The van der Waals surface area contributed by atoms with Gasteiger partial charge in [0.05, 0.1) is 0 Å². The summed E-state index contributed by atoms with van der Waals surface area (Å²) in [4.78, 5) is 12.1. The second-order valence-corrected chi connectivity index (χ2v) is 5.90. The molecule has 0 unspecified atom stereocenters. The molecule has 3 nitrogen and oxygen atoms in total. The van der Waals surface area contributed by atoms with E-state index in [2.05, 4.69) is 5.32 Å². The number of carbonyl (C=O) groups excluding carboxylic acids is 1. The fourth-order valence-electron chi connectivity index (χ4n) is 2.90. The Hall–Kier alpha value is -1.42. The molecule has 2 fully saturated rings. The van der Waals surface area contributed by atoms with E-state index >= 15 is 0 Å². The topological polar surface area (TPSA) is 38.3 Å². The van der Waals surface area contributed by atoms with Crippen LogP contribution in [-0.2, 0) is 14.9 Å². The number of ether oxygens (including phenoxy) is 1. The first-order valence-corrected chi connectivity index (χ1v) is 7.31. The van der Waals surface area contributed by atoms with Crippen LogP contribution in [0.5, 0.6) is 0 Å². The first-order chi connectivity index (χ1) is 9.70. The number of hydrogen-bond donors (Lipinski definition) is 1. The smallest absolute Gasteiger partial charge is 0.223 e. The van der Waals surface area contributed by atoms with E-state index < -0.39 is 0 Å². The minimum Gasteiger partial charge on any atom is -0.381 e. The van der Waals surface area contributed by atoms with Crippen molar-refractivity contribution in [2.24, 2.45) is 5.92 Å². The SMILES string of the molecule is O=C(NCC1(c2cccc(F)c2)CC1)C1CCOCC1. The number of amides is 1. The summed E-state index contributed by atoms with van der Waals surface area (Å²) < 4.78 is 18.6. The van der Waals surface area contributed by atoms with Gasteiger partial charge < -0.3 is 10.1 Å². The highest BCUT2D eigenvalue weighted by molar-refractivity contribution is 5.78. The van der Waals surface area contributed by atoms with Crippen molar-refractivity contribution in [1.29, 1.82) is 0 Å². The molecule has 1 aromatic carbocycles. The van der Waals surface area contributed by atoms with Crippen molar-refractivity contribution in [3.63, 3.8) is 0 Å². The van der Waals surface area contributed by atoms with Crippen LogP contribution in [0.2, 0.25) is 0 Å². The fraction of sp³-hybridized carbons (Fsp3) is 0.562. The van der Waals surface area contributed by atoms with Gasteiger partial charge in [-0.05, 0) is 43.4 Å². The van der Waals surface area contributed by atoms with E-state index in [4.69, 9.17) is 4.74 Å². The van der Waals surface area contributed by atoms with Gasteiger partial charge in [-0.1, -0.05) is 12.1 Å². The first-order valence-electron chi connectivity index (χ1n) is 7.31. The second-order valence-electron chi connectivity index (χ2n) is 5.90. The lowest BCUT2D eigenvalue weighted by Gasteiger charge is -2.23. The molecule has 1 amide bonds. The molecule has 3 rings (SSSR count). The van der Waals surface area contributed by atoms with Gasteiger partial charge in [0, 0.05) is 31.1 Å². The molecule has 0 aromatic heterocycles. The molecule has 1 saturated carbocycles. The maximum atomic E-state index is 13.3. The molecule has 0 spiro atoms. The molecule has 1 N–H and O–H groups in total. The molecule has 108 valence electrons. The van der Waals surface area contributed by atoms with Gasteiger partial charge >= 0.3 is 0 Å². The second kappa shape index (κ2) is 5.52. The van der Waals surface area contributed by atoms with E-state index in [-0.39, 0.29) is 23.1 Å². The van der Waals surface area contributed by atoms with Crippen molar-refractivity contribution in [3.05, 3.63) is 35.6 Å². The Bertz CT molecular complexity index is 493. The lowest BCUT2D eigenvalue weighted by Crippen LogP contribution is -2.38. The number of hydrogen-bond acceptors (Lipinski definition) is 2. The van der Waals surface area contributed by atoms with Crippen LogP contribution >= 0.6 is 0 Å². The van der Waals surface area contributed by atoms with E-state index in [1.165, 1.54) is 6.07 Å². The van der Waals surface area contributed by atoms with Crippen LogP contribution in [-0.4, -0.2) is 25.7 Å². The Labute approximate surface area is 118 Å². The van der Waals surface area contributed by atoms with Crippen LogP contribution in [0, 0.1) is 11.7 Å². The highest BCUT2D eigenvalue weighted by Crippen LogP contribution is 2.47. The maximum Gasteiger partial charge on any atom is 0.223 e. The van der Waals surface area contributed by atoms with Crippen LogP contribution in [0.15, 0.2) is 24.3 Å². The molecule has 0 bridgehead atoms. The minimum absolute atomic E-state index is 0.0388. The molecular formula is C16H20FNO2. The normalized spacial score (nSPS) is 21.4.